The number of anilines is 2. The Hall–Kier alpha value is -3.15. The van der Waals surface area contributed by atoms with E-state index in [1.165, 1.54) is 10.5 Å². The number of rotatable bonds is 4. The molecule has 3 aromatic carbocycles. The highest BCUT2D eigenvalue weighted by atomic mass is 35.5. The Labute approximate surface area is 213 Å². The number of hydrogen-bond acceptors (Lipinski definition) is 3. The lowest BCUT2D eigenvalue weighted by molar-refractivity contribution is -0.123. The van der Waals surface area contributed by atoms with Gasteiger partial charge in [-0.2, -0.15) is 0 Å². The van der Waals surface area contributed by atoms with E-state index in [1.807, 2.05) is 18.2 Å². The summed E-state index contributed by atoms with van der Waals surface area (Å²) in [5, 5.41) is 3.51. The minimum atomic E-state index is -0.367. The van der Waals surface area contributed by atoms with Crippen molar-refractivity contribution in [1.29, 1.82) is 0 Å². The Morgan fingerprint density at radius 3 is 2.37 bits per heavy atom. The first-order chi connectivity index (χ1) is 16.9. The van der Waals surface area contributed by atoms with Gasteiger partial charge in [0, 0.05) is 11.3 Å². The quantitative estimate of drug-likeness (QED) is 0.431. The number of carbonyl (C=O) groups excluding carboxylic acids is 3. The third kappa shape index (κ3) is 3.65. The molecule has 3 aliphatic rings. The van der Waals surface area contributed by atoms with E-state index in [-0.39, 0.29) is 41.4 Å². The zero-order chi connectivity index (χ0) is 24.3. The van der Waals surface area contributed by atoms with Crippen molar-refractivity contribution in [2.24, 2.45) is 23.7 Å². The predicted molar refractivity (Wildman–Crippen MR) is 136 cm³/mol. The summed E-state index contributed by atoms with van der Waals surface area (Å²) in [5.41, 5.74) is 2.53. The van der Waals surface area contributed by atoms with Gasteiger partial charge in [-0.15, -0.1) is 0 Å². The van der Waals surface area contributed by atoms with Gasteiger partial charge in [0.25, 0.3) is 5.91 Å². The fraction of sp³-hybridized carbons (Fsp3) is 0.250. The van der Waals surface area contributed by atoms with Gasteiger partial charge in [0.15, 0.2) is 0 Å². The molecule has 0 aromatic heterocycles. The average Bonchev–Trinajstić information content (AvgIpc) is 3.53. The Bertz CT molecular complexity index is 1360. The van der Waals surface area contributed by atoms with Crippen LogP contribution in [-0.4, -0.2) is 17.7 Å². The van der Waals surface area contributed by atoms with Crippen LogP contribution in [0.5, 0.6) is 0 Å². The molecule has 1 saturated heterocycles. The SMILES string of the molecule is O=C(Nc1ccc(Cl)c(Cl)c1)c1cccc(N2C(=O)[C@@H]3[C@@H]4C[C@@H]([C@@H]3C2=O)[C@@H](c2ccccc2)C4)c1. The number of amides is 3. The lowest BCUT2D eigenvalue weighted by Gasteiger charge is -2.28. The first kappa shape index (κ1) is 22.3. The maximum Gasteiger partial charge on any atom is 0.255 e. The van der Waals surface area contributed by atoms with Crippen molar-refractivity contribution in [2.45, 2.75) is 18.8 Å². The van der Waals surface area contributed by atoms with E-state index in [9.17, 15) is 14.4 Å². The van der Waals surface area contributed by atoms with Crippen molar-refractivity contribution in [2.75, 3.05) is 10.2 Å². The Kier molecular flexibility index (Phi) is 5.42. The fourth-order valence-corrected chi connectivity index (χ4v) is 6.66. The predicted octanol–water partition coefficient (Wildman–Crippen LogP) is 6.17. The normalized spacial score (nSPS) is 26.8. The Morgan fingerprint density at radius 1 is 0.829 bits per heavy atom. The number of hydrogen-bond donors (Lipinski definition) is 1. The van der Waals surface area contributed by atoms with Gasteiger partial charge >= 0.3 is 0 Å². The van der Waals surface area contributed by atoms with Crippen molar-refractivity contribution in [3.8, 4) is 0 Å². The number of fused-ring (bicyclic) bond motifs is 5. The Balaban J connectivity index is 1.25. The van der Waals surface area contributed by atoms with Crippen LogP contribution in [0.4, 0.5) is 11.4 Å². The highest BCUT2D eigenvalue weighted by molar-refractivity contribution is 6.42. The van der Waals surface area contributed by atoms with E-state index < -0.39 is 0 Å². The van der Waals surface area contributed by atoms with Crippen molar-refractivity contribution < 1.29 is 14.4 Å². The lowest BCUT2D eigenvalue weighted by Crippen LogP contribution is -2.33. The number of carbonyl (C=O) groups is 3. The first-order valence-corrected chi connectivity index (χ1v) is 12.5. The molecule has 1 aliphatic heterocycles. The number of benzene rings is 3. The molecule has 5 nitrogen and oxygen atoms in total. The van der Waals surface area contributed by atoms with Crippen molar-refractivity contribution in [1.82, 2.24) is 0 Å². The lowest BCUT2D eigenvalue weighted by atomic mass is 9.73. The molecule has 2 bridgehead atoms. The molecule has 3 aromatic rings. The summed E-state index contributed by atoms with van der Waals surface area (Å²) < 4.78 is 0. The second-order valence-corrected chi connectivity index (χ2v) is 10.4. The van der Waals surface area contributed by atoms with Crippen LogP contribution in [0, 0.1) is 23.7 Å². The Morgan fingerprint density at radius 2 is 1.60 bits per heavy atom. The first-order valence-electron chi connectivity index (χ1n) is 11.7. The summed E-state index contributed by atoms with van der Waals surface area (Å²) in [6, 6.07) is 21.8. The molecule has 1 N–H and O–H groups in total. The van der Waals surface area contributed by atoms with Crippen LogP contribution in [0.3, 0.4) is 0 Å². The van der Waals surface area contributed by atoms with E-state index in [0.29, 0.717) is 32.9 Å². The summed E-state index contributed by atoms with van der Waals surface area (Å²) in [5.74, 6) is -0.499. The van der Waals surface area contributed by atoms with Gasteiger partial charge in [-0.05, 0) is 72.6 Å². The van der Waals surface area contributed by atoms with Crippen LogP contribution < -0.4 is 10.2 Å². The van der Waals surface area contributed by atoms with Crippen molar-refractivity contribution in [3.05, 3.63) is 94.0 Å². The van der Waals surface area contributed by atoms with E-state index in [2.05, 4.69) is 17.4 Å². The third-order valence-electron chi connectivity index (χ3n) is 7.79. The molecule has 2 aliphatic carbocycles. The van der Waals surface area contributed by atoms with Crippen molar-refractivity contribution >= 4 is 52.3 Å². The molecular weight excluding hydrogens is 483 g/mol. The van der Waals surface area contributed by atoms with Crippen molar-refractivity contribution in [3.63, 3.8) is 0 Å². The van der Waals surface area contributed by atoms with E-state index in [0.717, 1.165) is 12.8 Å². The van der Waals surface area contributed by atoms with E-state index in [1.54, 1.807) is 42.5 Å². The second kappa shape index (κ2) is 8.51. The number of halogens is 2. The molecule has 3 fully saturated rings. The molecule has 1 heterocycles. The molecule has 0 radical (unpaired) electrons. The molecular formula is C28H22Cl2N2O3. The summed E-state index contributed by atoms with van der Waals surface area (Å²) >= 11 is 12.0. The van der Waals surface area contributed by atoms with Gasteiger partial charge in [-0.3, -0.25) is 19.3 Å². The molecule has 5 atom stereocenters. The van der Waals surface area contributed by atoms with Gasteiger partial charge in [-0.25, -0.2) is 0 Å². The van der Waals surface area contributed by atoms with Crippen LogP contribution in [-0.2, 0) is 9.59 Å². The summed E-state index contributed by atoms with van der Waals surface area (Å²) in [6.45, 7) is 0. The zero-order valence-corrected chi connectivity index (χ0v) is 20.2. The van der Waals surface area contributed by atoms with Gasteiger partial charge in [0.05, 0.1) is 27.6 Å². The number of nitrogens with zero attached hydrogens (tertiary/aromatic N) is 1. The van der Waals surface area contributed by atoms with Gasteiger partial charge < -0.3 is 5.32 Å². The summed E-state index contributed by atoms with van der Waals surface area (Å²) in [6.07, 6.45) is 1.86. The molecule has 3 amide bonds. The second-order valence-electron chi connectivity index (χ2n) is 9.61. The zero-order valence-electron chi connectivity index (χ0n) is 18.7. The highest BCUT2D eigenvalue weighted by Crippen LogP contribution is 2.61. The minimum Gasteiger partial charge on any atom is -0.322 e. The number of imide groups is 1. The molecule has 0 spiro atoms. The van der Waals surface area contributed by atoms with Crippen LogP contribution >= 0.6 is 23.2 Å². The molecule has 7 heteroatoms. The smallest absolute Gasteiger partial charge is 0.255 e. The number of nitrogens with one attached hydrogen (secondary N) is 1. The summed E-state index contributed by atoms with van der Waals surface area (Å²) in [7, 11) is 0. The van der Waals surface area contributed by atoms with E-state index in [4.69, 9.17) is 23.2 Å². The average molecular weight is 505 g/mol. The van der Waals surface area contributed by atoms with Gasteiger partial charge in [0.1, 0.15) is 0 Å². The van der Waals surface area contributed by atoms with Crippen LogP contribution in [0.25, 0.3) is 0 Å². The van der Waals surface area contributed by atoms with Gasteiger partial charge in [-0.1, -0.05) is 59.6 Å². The molecule has 0 unspecified atom stereocenters. The monoisotopic (exact) mass is 504 g/mol. The van der Waals surface area contributed by atoms with Crippen LogP contribution in [0.2, 0.25) is 10.0 Å². The molecule has 2 saturated carbocycles. The largest absolute Gasteiger partial charge is 0.322 e. The third-order valence-corrected chi connectivity index (χ3v) is 8.53. The fourth-order valence-electron chi connectivity index (χ4n) is 6.36. The topological polar surface area (TPSA) is 66.5 Å². The maximum atomic E-state index is 13.6. The minimum absolute atomic E-state index is 0.138. The standard InChI is InChI=1S/C28H22Cl2N2O3/c29-22-10-9-18(14-23(22)30)31-26(33)16-7-4-8-19(11-16)32-27(34)24-17-12-20(15-5-2-1-3-6-15)21(13-17)25(24)28(32)35/h1-11,14,17,20-21,24-25H,12-13H2,(H,31,33)/t17-,20+,21+,24+,25-/m0/s1. The highest BCUT2D eigenvalue weighted by Gasteiger charge is 2.64. The maximum absolute atomic E-state index is 13.6. The van der Waals surface area contributed by atoms with E-state index >= 15 is 0 Å². The van der Waals surface area contributed by atoms with Crippen LogP contribution in [0.1, 0.15) is 34.7 Å². The molecule has 35 heavy (non-hydrogen) atoms. The summed E-state index contributed by atoms with van der Waals surface area (Å²) in [4.78, 5) is 41.2. The van der Waals surface area contributed by atoms with Crippen LogP contribution in [0.15, 0.2) is 72.8 Å². The van der Waals surface area contributed by atoms with Gasteiger partial charge in [0.2, 0.25) is 11.8 Å². The molecule has 176 valence electrons. The molecule has 6 rings (SSSR count).